The van der Waals surface area contributed by atoms with Crippen LogP contribution in [-0.2, 0) is 4.74 Å². The van der Waals surface area contributed by atoms with Crippen molar-refractivity contribution in [3.05, 3.63) is 23.0 Å². The third kappa shape index (κ3) is 3.62. The topological polar surface area (TPSA) is 12.5 Å². The highest BCUT2D eigenvalue weighted by atomic mass is 16.5. The maximum atomic E-state index is 5.44. The second kappa shape index (κ2) is 7.14. The molecule has 2 aliphatic rings. The van der Waals surface area contributed by atoms with Gasteiger partial charge in [-0.1, -0.05) is 25.0 Å². The van der Waals surface area contributed by atoms with Crippen LogP contribution in [0.1, 0.15) is 58.8 Å². The lowest BCUT2D eigenvalue weighted by molar-refractivity contribution is 0.176. The van der Waals surface area contributed by atoms with E-state index in [2.05, 4.69) is 24.8 Å². The molecule has 0 aromatic heterocycles. The fourth-order valence-corrected chi connectivity index (χ4v) is 3.53. The molecule has 0 aromatic rings. The van der Waals surface area contributed by atoms with Crippen LogP contribution in [-0.4, -0.2) is 31.1 Å². The average molecular weight is 263 g/mol. The summed E-state index contributed by atoms with van der Waals surface area (Å²) < 4.78 is 5.44. The van der Waals surface area contributed by atoms with Crippen LogP contribution in [0.3, 0.4) is 0 Å². The van der Waals surface area contributed by atoms with E-state index in [0.29, 0.717) is 0 Å². The van der Waals surface area contributed by atoms with Gasteiger partial charge in [-0.05, 0) is 57.7 Å². The van der Waals surface area contributed by atoms with Crippen LogP contribution < -0.4 is 0 Å². The molecule has 19 heavy (non-hydrogen) atoms. The molecule has 0 heterocycles. The molecule has 108 valence electrons. The van der Waals surface area contributed by atoms with Crippen molar-refractivity contribution in [1.29, 1.82) is 0 Å². The third-order valence-electron chi connectivity index (χ3n) is 4.53. The summed E-state index contributed by atoms with van der Waals surface area (Å²) in [5.41, 5.74) is 3.37. The zero-order chi connectivity index (χ0) is 13.7. The summed E-state index contributed by atoms with van der Waals surface area (Å²) in [7, 11) is 1.80. The predicted octanol–water partition coefficient (Wildman–Crippen LogP) is 4.28. The first-order chi connectivity index (χ1) is 9.28. The number of nitrogens with zero attached hydrogens (tertiary/aromatic N) is 1. The first kappa shape index (κ1) is 14.6. The van der Waals surface area contributed by atoms with E-state index in [1.165, 1.54) is 51.0 Å². The van der Waals surface area contributed by atoms with Crippen molar-refractivity contribution < 1.29 is 4.74 Å². The Kier molecular flexibility index (Phi) is 5.50. The van der Waals surface area contributed by atoms with Gasteiger partial charge in [0.15, 0.2) is 0 Å². The minimum Gasteiger partial charge on any atom is -0.501 e. The van der Waals surface area contributed by atoms with Crippen molar-refractivity contribution in [3.63, 3.8) is 0 Å². The minimum atomic E-state index is 0.773. The molecule has 2 rings (SSSR count). The molecule has 0 bridgehead atoms. The smallest absolute Gasteiger partial charge is 0.0959 e. The van der Waals surface area contributed by atoms with Gasteiger partial charge in [0.2, 0.25) is 0 Å². The maximum absolute atomic E-state index is 5.44. The molecule has 2 nitrogen and oxygen atoms in total. The summed E-state index contributed by atoms with van der Waals surface area (Å²) in [6.07, 6.45) is 10.9. The Morgan fingerprint density at radius 2 is 1.95 bits per heavy atom. The molecule has 0 spiro atoms. The molecule has 1 atom stereocenters. The van der Waals surface area contributed by atoms with Gasteiger partial charge in [0, 0.05) is 12.5 Å². The monoisotopic (exact) mass is 263 g/mol. The summed E-state index contributed by atoms with van der Waals surface area (Å²) in [4.78, 5) is 2.72. The molecule has 2 heteroatoms. The molecule has 2 aliphatic carbocycles. The Hall–Kier alpha value is -0.760. The van der Waals surface area contributed by atoms with Crippen molar-refractivity contribution in [2.45, 2.75) is 64.8 Å². The fourth-order valence-electron chi connectivity index (χ4n) is 3.53. The Labute approximate surface area is 118 Å². The molecule has 0 fully saturated rings. The van der Waals surface area contributed by atoms with Crippen LogP contribution in [0.5, 0.6) is 0 Å². The van der Waals surface area contributed by atoms with E-state index < -0.39 is 0 Å². The van der Waals surface area contributed by atoms with Gasteiger partial charge in [-0.2, -0.15) is 0 Å². The number of hydrogen-bond acceptors (Lipinski definition) is 2. The first-order valence-electron chi connectivity index (χ1n) is 7.95. The van der Waals surface area contributed by atoms with Gasteiger partial charge in [0.1, 0.15) is 0 Å². The first-order valence-corrected chi connectivity index (χ1v) is 7.95. The highest BCUT2D eigenvalue weighted by Crippen LogP contribution is 2.37. The van der Waals surface area contributed by atoms with Gasteiger partial charge in [0.05, 0.1) is 12.9 Å². The van der Waals surface area contributed by atoms with Gasteiger partial charge in [0.25, 0.3) is 0 Å². The van der Waals surface area contributed by atoms with Crippen LogP contribution >= 0.6 is 0 Å². The van der Waals surface area contributed by atoms with Gasteiger partial charge >= 0.3 is 0 Å². The van der Waals surface area contributed by atoms with Gasteiger partial charge in [-0.25, -0.2) is 0 Å². The Bertz CT molecular complexity index is 350. The minimum absolute atomic E-state index is 0.773. The highest BCUT2D eigenvalue weighted by Gasteiger charge is 2.27. The molecule has 0 saturated carbocycles. The summed E-state index contributed by atoms with van der Waals surface area (Å²) in [5.74, 6) is 1.18. The third-order valence-corrected chi connectivity index (χ3v) is 4.53. The number of hydrogen-bond donors (Lipinski definition) is 0. The van der Waals surface area contributed by atoms with Crippen LogP contribution in [0, 0.1) is 0 Å². The van der Waals surface area contributed by atoms with E-state index in [1.807, 2.05) is 0 Å². The average Bonchev–Trinajstić information content (AvgIpc) is 2.46. The molecule has 1 unspecified atom stereocenters. The Balaban J connectivity index is 1.99. The molecule has 0 aromatic carbocycles. The zero-order valence-electron chi connectivity index (χ0n) is 12.9. The standard InChI is InChI=1S/C17H29NO/c1-4-10-18(11-5-2)16-8-6-14-7-9-17(19-3)13-15(14)12-16/h9,16H,4-8,10-13H2,1-3H3. The second-order valence-corrected chi connectivity index (χ2v) is 5.90. The molecule has 0 radical (unpaired) electrons. The van der Waals surface area contributed by atoms with E-state index in [0.717, 1.165) is 18.9 Å². The van der Waals surface area contributed by atoms with Crippen LogP contribution in [0.25, 0.3) is 0 Å². The van der Waals surface area contributed by atoms with Crippen molar-refractivity contribution in [1.82, 2.24) is 4.90 Å². The van der Waals surface area contributed by atoms with E-state index in [9.17, 15) is 0 Å². The Morgan fingerprint density at radius 1 is 1.21 bits per heavy atom. The van der Waals surface area contributed by atoms with Crippen molar-refractivity contribution in [2.24, 2.45) is 0 Å². The number of rotatable bonds is 6. The molecule has 0 amide bonds. The highest BCUT2D eigenvalue weighted by molar-refractivity contribution is 5.29. The maximum Gasteiger partial charge on any atom is 0.0959 e. The van der Waals surface area contributed by atoms with E-state index >= 15 is 0 Å². The van der Waals surface area contributed by atoms with E-state index in [4.69, 9.17) is 4.74 Å². The predicted molar refractivity (Wildman–Crippen MR) is 81.1 cm³/mol. The van der Waals surface area contributed by atoms with E-state index in [-0.39, 0.29) is 0 Å². The zero-order valence-corrected chi connectivity index (χ0v) is 12.9. The molecule has 0 saturated heterocycles. The number of ether oxygens (including phenoxy) is 1. The van der Waals surface area contributed by atoms with Crippen LogP contribution in [0.4, 0.5) is 0 Å². The quantitative estimate of drug-likeness (QED) is 0.663. The Morgan fingerprint density at radius 3 is 2.58 bits per heavy atom. The lowest BCUT2D eigenvalue weighted by Gasteiger charge is -2.37. The van der Waals surface area contributed by atoms with Crippen molar-refractivity contribution in [2.75, 3.05) is 20.2 Å². The van der Waals surface area contributed by atoms with E-state index in [1.54, 1.807) is 18.3 Å². The van der Waals surface area contributed by atoms with Crippen molar-refractivity contribution >= 4 is 0 Å². The molecule has 0 aliphatic heterocycles. The lowest BCUT2D eigenvalue weighted by Crippen LogP contribution is -2.38. The largest absolute Gasteiger partial charge is 0.501 e. The number of methoxy groups -OCH3 is 1. The van der Waals surface area contributed by atoms with Gasteiger partial charge in [-0.15, -0.1) is 0 Å². The SMILES string of the molecule is CCCN(CCC)C1CCC2=C(CC(OC)=CC2)C1. The van der Waals surface area contributed by atoms with Crippen LogP contribution in [0.2, 0.25) is 0 Å². The van der Waals surface area contributed by atoms with Gasteiger partial charge < -0.3 is 9.64 Å². The second-order valence-electron chi connectivity index (χ2n) is 5.90. The summed E-state index contributed by atoms with van der Waals surface area (Å²) in [6.45, 7) is 7.10. The van der Waals surface area contributed by atoms with Crippen LogP contribution in [0.15, 0.2) is 23.0 Å². The lowest BCUT2D eigenvalue weighted by atomic mass is 9.81. The normalized spacial score (nSPS) is 23.4. The molecule has 0 N–H and O–H groups in total. The number of allylic oxidation sites excluding steroid dienone is 3. The van der Waals surface area contributed by atoms with Crippen molar-refractivity contribution in [3.8, 4) is 0 Å². The summed E-state index contributed by atoms with van der Waals surface area (Å²) >= 11 is 0. The molecular weight excluding hydrogens is 234 g/mol. The summed E-state index contributed by atoms with van der Waals surface area (Å²) in [6, 6.07) is 0.773. The fraction of sp³-hybridized carbons (Fsp3) is 0.765. The summed E-state index contributed by atoms with van der Waals surface area (Å²) in [5, 5.41) is 0. The molecular formula is C17H29NO. The van der Waals surface area contributed by atoms with Gasteiger partial charge in [-0.3, -0.25) is 0 Å².